The van der Waals surface area contributed by atoms with Gasteiger partial charge in [0.25, 0.3) is 0 Å². The molecular weight excluding hydrogens is 285 g/mol. The fourth-order valence-corrected chi connectivity index (χ4v) is 2.44. The Bertz CT molecular complexity index is 424. The van der Waals surface area contributed by atoms with Crippen molar-refractivity contribution in [3.05, 3.63) is 22.4 Å². The Labute approximate surface area is 110 Å². The average molecular weight is 302 g/mol. The average Bonchev–Trinajstić information content (AvgIpc) is 2.30. The van der Waals surface area contributed by atoms with E-state index in [9.17, 15) is 4.39 Å². The Kier molecular flexibility index (Phi) is 3.58. The lowest BCUT2D eigenvalue weighted by Crippen LogP contribution is -2.50. The van der Waals surface area contributed by atoms with Gasteiger partial charge >= 0.3 is 0 Å². The molecular formula is C12H17BrFN3. The van der Waals surface area contributed by atoms with Gasteiger partial charge in [-0.05, 0) is 42.0 Å². The van der Waals surface area contributed by atoms with Crippen molar-refractivity contribution in [3.63, 3.8) is 0 Å². The molecule has 0 spiro atoms. The van der Waals surface area contributed by atoms with E-state index in [2.05, 4.69) is 39.7 Å². The second-order valence-corrected chi connectivity index (χ2v) is 5.42. The molecule has 1 aromatic carbocycles. The molecule has 0 aromatic heterocycles. The minimum absolute atomic E-state index is 0.233. The molecule has 0 radical (unpaired) electrons. The van der Waals surface area contributed by atoms with Crippen LogP contribution in [0.2, 0.25) is 0 Å². The van der Waals surface area contributed by atoms with E-state index < -0.39 is 0 Å². The number of benzene rings is 1. The molecule has 94 valence electrons. The zero-order chi connectivity index (χ0) is 12.6. The molecule has 1 aromatic rings. The molecule has 1 heterocycles. The molecule has 1 aliphatic rings. The second-order valence-electron chi connectivity index (χ2n) is 4.57. The first-order valence-electron chi connectivity index (χ1n) is 5.69. The van der Waals surface area contributed by atoms with Crippen molar-refractivity contribution >= 4 is 27.3 Å². The van der Waals surface area contributed by atoms with Gasteiger partial charge in [-0.2, -0.15) is 0 Å². The van der Waals surface area contributed by atoms with E-state index in [1.54, 1.807) is 6.07 Å². The summed E-state index contributed by atoms with van der Waals surface area (Å²) in [6.07, 6.45) is 0. The van der Waals surface area contributed by atoms with Gasteiger partial charge in [-0.3, -0.25) is 0 Å². The summed E-state index contributed by atoms with van der Waals surface area (Å²) >= 11 is 3.14. The fourth-order valence-electron chi connectivity index (χ4n) is 2.10. The first-order valence-corrected chi connectivity index (χ1v) is 6.48. The van der Waals surface area contributed by atoms with Crippen LogP contribution < -0.4 is 10.6 Å². The summed E-state index contributed by atoms with van der Waals surface area (Å²) in [7, 11) is 2.10. The number of anilines is 2. The Morgan fingerprint density at radius 3 is 2.76 bits per heavy atom. The van der Waals surface area contributed by atoms with E-state index in [4.69, 9.17) is 5.73 Å². The summed E-state index contributed by atoms with van der Waals surface area (Å²) in [4.78, 5) is 4.44. The summed E-state index contributed by atoms with van der Waals surface area (Å²) in [6, 6.07) is 4.04. The topological polar surface area (TPSA) is 32.5 Å². The summed E-state index contributed by atoms with van der Waals surface area (Å²) in [6.45, 7) is 4.89. The van der Waals surface area contributed by atoms with Gasteiger partial charge in [0.2, 0.25) is 0 Å². The van der Waals surface area contributed by atoms with Gasteiger partial charge in [0.05, 0.1) is 15.8 Å². The lowest BCUT2D eigenvalue weighted by Gasteiger charge is -2.39. The van der Waals surface area contributed by atoms with Crippen LogP contribution >= 0.6 is 15.9 Å². The summed E-state index contributed by atoms with van der Waals surface area (Å²) in [5, 5.41) is 0. The Morgan fingerprint density at radius 2 is 2.12 bits per heavy atom. The van der Waals surface area contributed by atoms with Crippen molar-refractivity contribution in [2.24, 2.45) is 0 Å². The Balaban J connectivity index is 2.26. The second kappa shape index (κ2) is 4.82. The van der Waals surface area contributed by atoms with Crippen LogP contribution in [0.5, 0.6) is 0 Å². The first kappa shape index (κ1) is 12.6. The molecule has 17 heavy (non-hydrogen) atoms. The van der Waals surface area contributed by atoms with Gasteiger partial charge in [-0.15, -0.1) is 0 Å². The highest BCUT2D eigenvalue weighted by Crippen LogP contribution is 2.31. The third-order valence-electron chi connectivity index (χ3n) is 3.41. The Morgan fingerprint density at radius 1 is 1.41 bits per heavy atom. The maximum Gasteiger partial charge on any atom is 0.162 e. The van der Waals surface area contributed by atoms with Crippen LogP contribution in [0.1, 0.15) is 6.92 Å². The molecule has 1 atom stereocenters. The minimum atomic E-state index is -0.367. The standard InChI is InChI=1S/C12H17BrFN3/c1-8-7-17(6-5-16(8)2)10-4-3-9(13)11(14)12(10)15/h3-4,8H,5-7,15H2,1-2H3. The monoisotopic (exact) mass is 301 g/mol. The third kappa shape index (κ3) is 2.40. The van der Waals surface area contributed by atoms with Crippen molar-refractivity contribution in [2.45, 2.75) is 13.0 Å². The predicted molar refractivity (Wildman–Crippen MR) is 72.8 cm³/mol. The summed E-state index contributed by atoms with van der Waals surface area (Å²) in [5.74, 6) is -0.367. The van der Waals surface area contributed by atoms with Crippen LogP contribution in [0.3, 0.4) is 0 Å². The van der Waals surface area contributed by atoms with E-state index in [0.29, 0.717) is 10.5 Å². The highest BCUT2D eigenvalue weighted by Gasteiger charge is 2.23. The van der Waals surface area contributed by atoms with E-state index in [1.165, 1.54) is 0 Å². The fraction of sp³-hybridized carbons (Fsp3) is 0.500. The van der Waals surface area contributed by atoms with Gasteiger partial charge in [0.15, 0.2) is 5.82 Å². The normalized spacial score (nSPS) is 21.9. The number of hydrogen-bond acceptors (Lipinski definition) is 3. The lowest BCUT2D eigenvalue weighted by molar-refractivity contribution is 0.234. The lowest BCUT2D eigenvalue weighted by atomic mass is 10.1. The van der Waals surface area contributed by atoms with Gasteiger partial charge < -0.3 is 15.5 Å². The first-order chi connectivity index (χ1) is 8.00. The Hall–Kier alpha value is -0.810. The molecule has 0 aliphatic carbocycles. The van der Waals surface area contributed by atoms with Gasteiger partial charge in [-0.1, -0.05) is 0 Å². The van der Waals surface area contributed by atoms with Crippen LogP contribution in [0.4, 0.5) is 15.8 Å². The van der Waals surface area contributed by atoms with E-state index in [-0.39, 0.29) is 11.5 Å². The van der Waals surface area contributed by atoms with Crippen LogP contribution in [0.25, 0.3) is 0 Å². The van der Waals surface area contributed by atoms with Crippen LogP contribution in [0, 0.1) is 5.82 Å². The summed E-state index contributed by atoms with van der Waals surface area (Å²) < 4.78 is 14.1. The highest BCUT2D eigenvalue weighted by molar-refractivity contribution is 9.10. The largest absolute Gasteiger partial charge is 0.395 e. The van der Waals surface area contributed by atoms with Crippen molar-refractivity contribution in [1.82, 2.24) is 4.90 Å². The molecule has 3 nitrogen and oxygen atoms in total. The van der Waals surface area contributed by atoms with Crippen molar-refractivity contribution in [2.75, 3.05) is 37.3 Å². The molecule has 0 amide bonds. The highest BCUT2D eigenvalue weighted by atomic mass is 79.9. The van der Waals surface area contributed by atoms with Crippen LogP contribution in [-0.2, 0) is 0 Å². The van der Waals surface area contributed by atoms with Crippen molar-refractivity contribution in [3.8, 4) is 0 Å². The van der Waals surface area contributed by atoms with Gasteiger partial charge in [0.1, 0.15) is 0 Å². The van der Waals surface area contributed by atoms with Gasteiger partial charge in [0, 0.05) is 25.7 Å². The number of halogens is 2. The van der Waals surface area contributed by atoms with Crippen molar-refractivity contribution in [1.29, 1.82) is 0 Å². The third-order valence-corrected chi connectivity index (χ3v) is 4.02. The van der Waals surface area contributed by atoms with Crippen LogP contribution in [0.15, 0.2) is 16.6 Å². The summed E-state index contributed by atoms with van der Waals surface area (Å²) in [5.41, 5.74) is 6.86. The number of hydrogen-bond donors (Lipinski definition) is 1. The van der Waals surface area contributed by atoms with Crippen molar-refractivity contribution < 1.29 is 4.39 Å². The maximum absolute atomic E-state index is 13.7. The molecule has 2 rings (SSSR count). The zero-order valence-electron chi connectivity index (χ0n) is 10.1. The van der Waals surface area contributed by atoms with Crippen LogP contribution in [-0.4, -0.2) is 37.6 Å². The predicted octanol–water partition coefficient (Wildman–Crippen LogP) is 2.31. The number of nitrogens with two attached hydrogens (primary N) is 1. The quantitative estimate of drug-likeness (QED) is 0.808. The number of piperazine rings is 1. The number of likely N-dealkylation sites (N-methyl/N-ethyl adjacent to an activating group) is 1. The number of rotatable bonds is 1. The molecule has 1 fully saturated rings. The zero-order valence-corrected chi connectivity index (χ0v) is 11.7. The van der Waals surface area contributed by atoms with E-state index >= 15 is 0 Å². The molecule has 0 bridgehead atoms. The molecule has 1 aliphatic heterocycles. The number of nitrogen functional groups attached to an aromatic ring is 1. The molecule has 5 heteroatoms. The van der Waals surface area contributed by atoms with E-state index in [0.717, 1.165) is 25.3 Å². The van der Waals surface area contributed by atoms with Gasteiger partial charge in [-0.25, -0.2) is 4.39 Å². The number of nitrogens with zero attached hydrogens (tertiary/aromatic N) is 2. The maximum atomic E-state index is 13.7. The SMILES string of the molecule is CC1CN(c2ccc(Br)c(F)c2N)CCN1C. The smallest absolute Gasteiger partial charge is 0.162 e. The molecule has 0 saturated carbocycles. The molecule has 1 unspecified atom stereocenters. The minimum Gasteiger partial charge on any atom is -0.395 e. The molecule has 1 saturated heterocycles. The van der Waals surface area contributed by atoms with E-state index in [1.807, 2.05) is 6.07 Å². The molecule has 2 N–H and O–H groups in total.